The highest BCUT2D eigenvalue weighted by Gasteiger charge is 2.28. The Morgan fingerprint density at radius 1 is 1.45 bits per heavy atom. The summed E-state index contributed by atoms with van der Waals surface area (Å²) in [5.74, 6) is 0.512. The summed E-state index contributed by atoms with van der Waals surface area (Å²) in [7, 11) is 1.39. The van der Waals surface area contributed by atoms with Gasteiger partial charge >= 0.3 is 5.97 Å². The van der Waals surface area contributed by atoms with Crippen LogP contribution in [0.1, 0.15) is 55.6 Å². The summed E-state index contributed by atoms with van der Waals surface area (Å²) in [5.41, 5.74) is 1.63. The number of hydrogen-bond donors (Lipinski definition) is 1. The van der Waals surface area contributed by atoms with Gasteiger partial charge in [0.1, 0.15) is 5.82 Å². The number of methoxy groups -OCH3 is 1. The molecule has 110 valence electrons. The molecule has 1 heterocycles. The first kappa shape index (κ1) is 14.8. The zero-order valence-electron chi connectivity index (χ0n) is 12.8. The van der Waals surface area contributed by atoms with Crippen molar-refractivity contribution in [1.82, 2.24) is 4.98 Å². The van der Waals surface area contributed by atoms with Crippen LogP contribution in [0.15, 0.2) is 12.1 Å². The average Bonchev–Trinajstić information content (AvgIpc) is 2.37. The molecular formula is C16H24N2O2. The Balaban J connectivity index is 2.07. The number of carbonyl (C=O) groups is 1. The maximum atomic E-state index is 11.5. The van der Waals surface area contributed by atoms with Crippen molar-refractivity contribution in [3.05, 3.63) is 23.4 Å². The van der Waals surface area contributed by atoms with Crippen molar-refractivity contribution < 1.29 is 9.53 Å². The maximum absolute atomic E-state index is 11.5. The molecule has 0 saturated heterocycles. The van der Waals surface area contributed by atoms with E-state index in [0.717, 1.165) is 12.2 Å². The second-order valence-electron chi connectivity index (χ2n) is 6.42. The van der Waals surface area contributed by atoms with Crippen LogP contribution >= 0.6 is 0 Å². The third kappa shape index (κ3) is 3.50. The van der Waals surface area contributed by atoms with Gasteiger partial charge in [0.2, 0.25) is 0 Å². The molecule has 1 N–H and O–H groups in total. The summed E-state index contributed by atoms with van der Waals surface area (Å²) < 4.78 is 4.73. The standard InChI is InChI=1S/C16H24N2O2/c1-11-13(15(19)20-4)7-8-14(17-11)18-12-6-5-9-16(2,3)10-12/h7-8,12H,5-6,9-10H2,1-4H3,(H,17,18). The number of anilines is 1. The Morgan fingerprint density at radius 2 is 2.20 bits per heavy atom. The van der Waals surface area contributed by atoms with Gasteiger partial charge in [-0.15, -0.1) is 0 Å². The number of rotatable bonds is 3. The van der Waals surface area contributed by atoms with E-state index in [0.29, 0.717) is 22.7 Å². The lowest BCUT2D eigenvalue weighted by atomic mass is 9.75. The number of pyridine rings is 1. The van der Waals surface area contributed by atoms with Crippen molar-refractivity contribution in [3.8, 4) is 0 Å². The molecule has 0 radical (unpaired) electrons. The fourth-order valence-electron chi connectivity index (χ4n) is 3.00. The topological polar surface area (TPSA) is 51.2 Å². The fourth-order valence-corrected chi connectivity index (χ4v) is 3.00. The molecule has 1 aromatic heterocycles. The zero-order valence-corrected chi connectivity index (χ0v) is 12.8. The molecule has 1 unspecified atom stereocenters. The molecule has 0 aliphatic heterocycles. The highest BCUT2D eigenvalue weighted by Crippen LogP contribution is 2.36. The molecule has 1 saturated carbocycles. The van der Waals surface area contributed by atoms with Crippen LogP contribution in [0.5, 0.6) is 0 Å². The quantitative estimate of drug-likeness (QED) is 0.858. The van der Waals surface area contributed by atoms with E-state index in [1.54, 1.807) is 6.07 Å². The molecule has 0 aromatic carbocycles. The first-order chi connectivity index (χ1) is 9.41. The number of aryl methyl sites for hydroxylation is 1. The molecule has 1 aromatic rings. The normalized spacial score (nSPS) is 21.3. The summed E-state index contributed by atoms with van der Waals surface area (Å²) in [6.07, 6.45) is 4.89. The number of hydrogen-bond acceptors (Lipinski definition) is 4. The smallest absolute Gasteiger partial charge is 0.339 e. The van der Waals surface area contributed by atoms with Gasteiger partial charge in [-0.05, 0) is 43.7 Å². The molecule has 1 fully saturated rings. The van der Waals surface area contributed by atoms with Crippen molar-refractivity contribution in [1.29, 1.82) is 0 Å². The number of nitrogens with one attached hydrogen (secondary N) is 1. The molecule has 1 atom stereocenters. The molecule has 4 heteroatoms. The van der Waals surface area contributed by atoms with Crippen LogP contribution in [-0.4, -0.2) is 24.1 Å². The lowest BCUT2D eigenvalue weighted by molar-refractivity contribution is 0.0599. The molecule has 20 heavy (non-hydrogen) atoms. The Bertz CT molecular complexity index is 497. The van der Waals surface area contributed by atoms with Gasteiger partial charge in [-0.2, -0.15) is 0 Å². The van der Waals surface area contributed by atoms with Gasteiger partial charge in [0, 0.05) is 6.04 Å². The SMILES string of the molecule is COC(=O)c1ccc(NC2CCCC(C)(C)C2)nc1C. The van der Waals surface area contributed by atoms with Gasteiger partial charge < -0.3 is 10.1 Å². The van der Waals surface area contributed by atoms with E-state index in [1.165, 1.54) is 26.4 Å². The second-order valence-corrected chi connectivity index (χ2v) is 6.42. The van der Waals surface area contributed by atoms with Gasteiger partial charge in [0.15, 0.2) is 0 Å². The summed E-state index contributed by atoms with van der Waals surface area (Å²) in [6, 6.07) is 4.11. The molecule has 0 bridgehead atoms. The monoisotopic (exact) mass is 276 g/mol. The largest absolute Gasteiger partial charge is 0.465 e. The van der Waals surface area contributed by atoms with Crippen molar-refractivity contribution in [2.45, 2.75) is 52.5 Å². The van der Waals surface area contributed by atoms with E-state index in [9.17, 15) is 4.79 Å². The Hall–Kier alpha value is -1.58. The number of nitrogens with zero attached hydrogens (tertiary/aromatic N) is 1. The van der Waals surface area contributed by atoms with Crippen molar-refractivity contribution in [2.75, 3.05) is 12.4 Å². The third-order valence-electron chi connectivity index (χ3n) is 4.05. The molecule has 1 aliphatic carbocycles. The molecule has 0 amide bonds. The van der Waals surface area contributed by atoms with E-state index in [2.05, 4.69) is 24.1 Å². The average molecular weight is 276 g/mol. The number of aromatic nitrogens is 1. The fraction of sp³-hybridized carbons (Fsp3) is 0.625. The van der Waals surface area contributed by atoms with E-state index >= 15 is 0 Å². The minimum atomic E-state index is -0.333. The minimum Gasteiger partial charge on any atom is -0.465 e. The number of ether oxygens (including phenoxy) is 1. The number of esters is 1. The highest BCUT2D eigenvalue weighted by atomic mass is 16.5. The minimum absolute atomic E-state index is 0.333. The van der Waals surface area contributed by atoms with Crippen molar-refractivity contribution in [3.63, 3.8) is 0 Å². The van der Waals surface area contributed by atoms with Crippen LogP contribution < -0.4 is 5.32 Å². The Labute approximate surface area is 120 Å². The summed E-state index contributed by atoms with van der Waals surface area (Å²) in [6.45, 7) is 6.47. The Morgan fingerprint density at radius 3 is 2.80 bits per heavy atom. The van der Waals surface area contributed by atoms with Crippen molar-refractivity contribution in [2.24, 2.45) is 5.41 Å². The zero-order chi connectivity index (χ0) is 14.8. The van der Waals surface area contributed by atoms with Crippen LogP contribution in [-0.2, 0) is 4.74 Å². The summed E-state index contributed by atoms with van der Waals surface area (Å²) >= 11 is 0. The molecular weight excluding hydrogens is 252 g/mol. The maximum Gasteiger partial charge on any atom is 0.339 e. The van der Waals surface area contributed by atoms with Gasteiger partial charge in [-0.25, -0.2) is 9.78 Å². The summed E-state index contributed by atoms with van der Waals surface area (Å²) in [4.78, 5) is 16.0. The van der Waals surface area contributed by atoms with Crippen LogP contribution in [0.3, 0.4) is 0 Å². The van der Waals surface area contributed by atoms with E-state index in [-0.39, 0.29) is 5.97 Å². The van der Waals surface area contributed by atoms with Crippen LogP contribution in [0, 0.1) is 12.3 Å². The molecule has 1 aliphatic rings. The molecule has 2 rings (SSSR count). The van der Waals surface area contributed by atoms with E-state index in [4.69, 9.17) is 4.74 Å². The lowest BCUT2D eigenvalue weighted by Crippen LogP contribution is -2.32. The highest BCUT2D eigenvalue weighted by molar-refractivity contribution is 5.90. The van der Waals surface area contributed by atoms with Crippen LogP contribution in [0.25, 0.3) is 0 Å². The first-order valence-electron chi connectivity index (χ1n) is 7.24. The van der Waals surface area contributed by atoms with Gasteiger partial charge in [0.25, 0.3) is 0 Å². The van der Waals surface area contributed by atoms with Crippen LogP contribution in [0.2, 0.25) is 0 Å². The van der Waals surface area contributed by atoms with Gasteiger partial charge in [-0.1, -0.05) is 20.3 Å². The van der Waals surface area contributed by atoms with Crippen molar-refractivity contribution >= 4 is 11.8 Å². The van der Waals surface area contributed by atoms with E-state index < -0.39 is 0 Å². The predicted molar refractivity (Wildman–Crippen MR) is 80.0 cm³/mol. The first-order valence-corrected chi connectivity index (χ1v) is 7.24. The number of carbonyl (C=O) groups excluding carboxylic acids is 1. The van der Waals surface area contributed by atoms with Gasteiger partial charge in [-0.3, -0.25) is 0 Å². The summed E-state index contributed by atoms with van der Waals surface area (Å²) in [5, 5.41) is 3.50. The van der Waals surface area contributed by atoms with Gasteiger partial charge in [0.05, 0.1) is 18.4 Å². The van der Waals surface area contributed by atoms with Crippen LogP contribution in [0.4, 0.5) is 5.82 Å². The lowest BCUT2D eigenvalue weighted by Gasteiger charge is -2.35. The van der Waals surface area contributed by atoms with E-state index in [1.807, 2.05) is 13.0 Å². The molecule has 0 spiro atoms. The third-order valence-corrected chi connectivity index (χ3v) is 4.05. The Kier molecular flexibility index (Phi) is 4.31. The predicted octanol–water partition coefficient (Wildman–Crippen LogP) is 3.56. The second kappa shape index (κ2) is 5.81. The molecule has 4 nitrogen and oxygen atoms in total.